The number of nitrogens with one attached hydrogen (secondary N) is 1. The number of aromatic carboxylic acids is 1. The molecule has 94 valence electrons. The van der Waals surface area contributed by atoms with Crippen molar-refractivity contribution in [2.45, 2.75) is 19.4 Å². The maximum absolute atomic E-state index is 10.8. The molecule has 1 unspecified atom stereocenters. The van der Waals surface area contributed by atoms with E-state index in [1.165, 1.54) is 12.1 Å². The predicted molar refractivity (Wildman–Crippen MR) is 66.6 cm³/mol. The Hall–Kier alpha value is -2.55. The molecule has 0 aliphatic carbocycles. The number of anilines is 1. The lowest BCUT2D eigenvalue weighted by Crippen LogP contribution is -2.17. The Morgan fingerprint density at radius 2 is 2.33 bits per heavy atom. The third kappa shape index (κ3) is 2.98. The second-order valence-electron chi connectivity index (χ2n) is 3.57. The minimum absolute atomic E-state index is 0.0324. The molecule has 1 rings (SSSR count). The Kier molecular flexibility index (Phi) is 4.27. The zero-order valence-electron chi connectivity index (χ0n) is 9.71. The Bertz CT molecular complexity index is 519. The molecule has 1 aromatic rings. The van der Waals surface area contributed by atoms with Gasteiger partial charge in [0.1, 0.15) is 5.69 Å². The van der Waals surface area contributed by atoms with Gasteiger partial charge in [-0.3, -0.25) is 10.1 Å². The summed E-state index contributed by atoms with van der Waals surface area (Å²) in [5.41, 5.74) is -0.117. The second-order valence-corrected chi connectivity index (χ2v) is 3.57. The van der Waals surface area contributed by atoms with Crippen LogP contribution in [0.4, 0.5) is 11.4 Å². The van der Waals surface area contributed by atoms with Gasteiger partial charge in [-0.05, 0) is 18.6 Å². The number of benzene rings is 1. The van der Waals surface area contributed by atoms with Gasteiger partial charge < -0.3 is 10.4 Å². The van der Waals surface area contributed by atoms with Crippen LogP contribution < -0.4 is 5.32 Å². The van der Waals surface area contributed by atoms with Crippen LogP contribution in [0.2, 0.25) is 0 Å². The fourth-order valence-corrected chi connectivity index (χ4v) is 1.39. The molecule has 0 aromatic heterocycles. The topological polar surface area (TPSA) is 92.5 Å². The lowest BCUT2D eigenvalue weighted by Gasteiger charge is -2.12. The highest BCUT2D eigenvalue weighted by Crippen LogP contribution is 2.26. The van der Waals surface area contributed by atoms with E-state index in [1.54, 1.807) is 0 Å². The number of nitro benzene ring substituents is 1. The Labute approximate surface area is 104 Å². The van der Waals surface area contributed by atoms with Crippen molar-refractivity contribution in [2.75, 3.05) is 5.32 Å². The smallest absolute Gasteiger partial charge is 0.335 e. The molecule has 0 fully saturated rings. The Balaban J connectivity index is 3.20. The first-order chi connectivity index (χ1) is 8.49. The highest BCUT2D eigenvalue weighted by atomic mass is 16.6. The maximum atomic E-state index is 10.8. The zero-order chi connectivity index (χ0) is 13.7. The number of nitrogens with zero attached hydrogens (tertiary/aromatic N) is 1. The number of hydrogen-bond acceptors (Lipinski definition) is 4. The summed E-state index contributed by atoms with van der Waals surface area (Å²) in [7, 11) is 0. The molecule has 0 saturated heterocycles. The molecule has 0 bridgehead atoms. The molecular formula is C12H12N2O4. The minimum Gasteiger partial charge on any atom is -0.478 e. The van der Waals surface area contributed by atoms with Gasteiger partial charge in [-0.25, -0.2) is 4.79 Å². The molecule has 0 spiro atoms. The third-order valence-corrected chi connectivity index (χ3v) is 2.38. The van der Waals surface area contributed by atoms with Gasteiger partial charge in [-0.2, -0.15) is 0 Å². The molecule has 18 heavy (non-hydrogen) atoms. The molecule has 2 N–H and O–H groups in total. The van der Waals surface area contributed by atoms with Gasteiger partial charge in [0.25, 0.3) is 5.69 Å². The third-order valence-electron chi connectivity index (χ3n) is 2.38. The Morgan fingerprint density at radius 1 is 1.67 bits per heavy atom. The van der Waals surface area contributed by atoms with Crippen molar-refractivity contribution in [1.82, 2.24) is 0 Å². The van der Waals surface area contributed by atoms with Crippen molar-refractivity contribution in [2.24, 2.45) is 0 Å². The predicted octanol–water partition coefficient (Wildman–Crippen LogP) is 2.12. The summed E-state index contributed by atoms with van der Waals surface area (Å²) in [4.78, 5) is 21.1. The second kappa shape index (κ2) is 5.68. The summed E-state index contributed by atoms with van der Waals surface area (Å²) in [5.74, 6) is 1.28. The van der Waals surface area contributed by atoms with E-state index in [9.17, 15) is 14.9 Å². The van der Waals surface area contributed by atoms with Crippen LogP contribution in [0, 0.1) is 22.5 Å². The highest BCUT2D eigenvalue weighted by Gasteiger charge is 2.18. The van der Waals surface area contributed by atoms with Gasteiger partial charge in [0.15, 0.2) is 0 Å². The Morgan fingerprint density at radius 3 is 2.78 bits per heavy atom. The van der Waals surface area contributed by atoms with E-state index in [0.717, 1.165) is 6.07 Å². The molecule has 0 heterocycles. The van der Waals surface area contributed by atoms with Crippen LogP contribution in [0.5, 0.6) is 0 Å². The monoisotopic (exact) mass is 248 g/mol. The van der Waals surface area contributed by atoms with E-state index in [0.29, 0.717) is 6.42 Å². The zero-order valence-corrected chi connectivity index (χ0v) is 9.71. The fourth-order valence-electron chi connectivity index (χ4n) is 1.39. The fraction of sp³-hybridized carbons (Fsp3) is 0.250. The molecule has 1 atom stereocenters. The van der Waals surface area contributed by atoms with E-state index in [2.05, 4.69) is 11.2 Å². The van der Waals surface area contributed by atoms with Gasteiger partial charge in [0.05, 0.1) is 16.5 Å². The molecule has 0 amide bonds. The average molecular weight is 248 g/mol. The first kappa shape index (κ1) is 13.5. The van der Waals surface area contributed by atoms with Crippen LogP contribution in [0.1, 0.15) is 23.7 Å². The van der Waals surface area contributed by atoms with E-state index >= 15 is 0 Å². The summed E-state index contributed by atoms with van der Waals surface area (Å²) < 4.78 is 0. The van der Waals surface area contributed by atoms with Crippen molar-refractivity contribution in [3.63, 3.8) is 0 Å². The van der Waals surface area contributed by atoms with E-state index in [-0.39, 0.29) is 23.0 Å². The SMILES string of the molecule is C#CC(CC)Nc1cc(C(=O)O)ccc1[N+](=O)[O-]. The van der Waals surface area contributed by atoms with Crippen LogP contribution in [0.25, 0.3) is 0 Å². The van der Waals surface area contributed by atoms with Crippen molar-refractivity contribution < 1.29 is 14.8 Å². The van der Waals surface area contributed by atoms with Gasteiger partial charge in [-0.1, -0.05) is 12.8 Å². The van der Waals surface area contributed by atoms with Crippen molar-refractivity contribution in [3.8, 4) is 12.3 Å². The number of terminal acetylenes is 1. The lowest BCUT2D eigenvalue weighted by molar-refractivity contribution is -0.384. The first-order valence-electron chi connectivity index (χ1n) is 5.24. The van der Waals surface area contributed by atoms with Crippen molar-refractivity contribution >= 4 is 17.3 Å². The summed E-state index contributed by atoms with van der Waals surface area (Å²) in [6.45, 7) is 1.82. The highest BCUT2D eigenvalue weighted by molar-refractivity contribution is 5.90. The number of carboxylic acids is 1. The maximum Gasteiger partial charge on any atom is 0.335 e. The largest absolute Gasteiger partial charge is 0.478 e. The molecule has 6 heteroatoms. The van der Waals surface area contributed by atoms with Gasteiger partial charge >= 0.3 is 5.97 Å². The summed E-state index contributed by atoms with van der Waals surface area (Å²) >= 11 is 0. The average Bonchev–Trinajstić information content (AvgIpc) is 2.35. The number of hydrogen-bond donors (Lipinski definition) is 2. The van der Waals surface area contributed by atoms with Crippen LogP contribution in [0.15, 0.2) is 18.2 Å². The number of carbonyl (C=O) groups is 1. The summed E-state index contributed by atoms with van der Waals surface area (Å²) in [5, 5.41) is 22.5. The van der Waals surface area contributed by atoms with Crippen LogP contribution in [-0.4, -0.2) is 22.0 Å². The first-order valence-corrected chi connectivity index (χ1v) is 5.24. The molecular weight excluding hydrogens is 236 g/mol. The van der Waals surface area contributed by atoms with Gasteiger partial charge in [-0.15, -0.1) is 6.42 Å². The van der Waals surface area contributed by atoms with Crippen molar-refractivity contribution in [1.29, 1.82) is 0 Å². The van der Waals surface area contributed by atoms with Gasteiger partial charge in [0, 0.05) is 6.07 Å². The quantitative estimate of drug-likeness (QED) is 0.473. The number of rotatable bonds is 5. The molecule has 1 aromatic carbocycles. The van der Waals surface area contributed by atoms with Crippen LogP contribution in [-0.2, 0) is 0 Å². The van der Waals surface area contributed by atoms with E-state index in [4.69, 9.17) is 11.5 Å². The van der Waals surface area contributed by atoms with Gasteiger partial charge in [0.2, 0.25) is 0 Å². The standard InChI is InChI=1S/C12H12N2O4/c1-3-9(4-2)13-10-7-8(12(15)16)5-6-11(10)14(17)18/h1,5-7,9,13H,4H2,2H3,(H,15,16). The van der Waals surface area contributed by atoms with E-state index in [1.807, 2.05) is 6.92 Å². The molecule has 6 nitrogen and oxygen atoms in total. The molecule has 0 radical (unpaired) electrons. The van der Waals surface area contributed by atoms with Crippen molar-refractivity contribution in [3.05, 3.63) is 33.9 Å². The van der Waals surface area contributed by atoms with Crippen LogP contribution in [0.3, 0.4) is 0 Å². The molecule has 0 aliphatic heterocycles. The number of carboxylic acid groups (broad SMARTS) is 1. The molecule has 0 aliphatic rings. The molecule has 0 saturated carbocycles. The lowest BCUT2D eigenvalue weighted by atomic mass is 10.1. The normalized spacial score (nSPS) is 11.3. The number of nitro groups is 1. The summed E-state index contributed by atoms with van der Waals surface area (Å²) in [6.07, 6.45) is 5.83. The van der Waals surface area contributed by atoms with E-state index < -0.39 is 10.9 Å². The minimum atomic E-state index is -1.15. The van der Waals surface area contributed by atoms with Crippen LogP contribution >= 0.6 is 0 Å². The summed E-state index contributed by atoms with van der Waals surface area (Å²) in [6, 6.07) is 3.16.